The summed E-state index contributed by atoms with van der Waals surface area (Å²) in [7, 11) is -3.58. The van der Waals surface area contributed by atoms with Crippen LogP contribution in [0.1, 0.15) is 27.7 Å². The highest BCUT2D eigenvalue weighted by atomic mass is 32.2. The molecule has 0 aliphatic carbocycles. The Morgan fingerprint density at radius 2 is 1.71 bits per heavy atom. The number of sulfonamides is 1. The lowest BCUT2D eigenvalue weighted by Crippen LogP contribution is -2.30. The van der Waals surface area contributed by atoms with Gasteiger partial charge in [0.2, 0.25) is 10.0 Å². The molecule has 2 N–H and O–H groups in total. The second kappa shape index (κ2) is 8.60. The minimum absolute atomic E-state index is 0.0989. The van der Waals surface area contributed by atoms with E-state index >= 15 is 0 Å². The third-order valence-corrected chi connectivity index (χ3v) is 4.46. The van der Waals surface area contributed by atoms with E-state index in [1.165, 1.54) is 43.3 Å². The number of amides is 1. The van der Waals surface area contributed by atoms with Crippen LogP contribution in [0.25, 0.3) is 0 Å². The van der Waals surface area contributed by atoms with Crippen molar-refractivity contribution < 1.29 is 22.7 Å². The quantitative estimate of drug-likeness (QED) is 0.574. The second-order valence-electron chi connectivity index (χ2n) is 5.37. The summed E-state index contributed by atoms with van der Waals surface area (Å²) in [5.41, 5.74) is 0.400. The molecule has 0 bridgehead atoms. The Bertz CT molecular complexity index is 708. The molecule has 1 atom stereocenters. The van der Waals surface area contributed by atoms with Crippen molar-refractivity contribution in [3.63, 3.8) is 0 Å². The molecule has 1 rings (SSSR count). The number of hydrogen-bond acceptors (Lipinski definition) is 5. The zero-order valence-corrected chi connectivity index (χ0v) is 14.9. The maximum atomic E-state index is 12.0. The van der Waals surface area contributed by atoms with E-state index in [0.717, 1.165) is 0 Å². The van der Waals surface area contributed by atoms with E-state index in [9.17, 15) is 18.0 Å². The number of ether oxygens (including phenoxy) is 1. The molecule has 0 fully saturated rings. The molecule has 1 unspecified atom stereocenters. The van der Waals surface area contributed by atoms with E-state index in [0.29, 0.717) is 5.69 Å². The molecule has 0 spiro atoms. The lowest BCUT2D eigenvalue weighted by Gasteiger charge is -2.13. The van der Waals surface area contributed by atoms with E-state index in [4.69, 9.17) is 4.74 Å². The molecular weight excluding hydrogens is 332 g/mol. The van der Waals surface area contributed by atoms with Crippen LogP contribution < -0.4 is 10.0 Å². The van der Waals surface area contributed by atoms with Gasteiger partial charge in [-0.25, -0.2) is 17.9 Å². The molecule has 7 nitrogen and oxygen atoms in total. The van der Waals surface area contributed by atoms with Crippen molar-refractivity contribution in [1.82, 2.24) is 4.72 Å². The summed E-state index contributed by atoms with van der Waals surface area (Å²) in [5, 5.41) is 2.55. The number of anilines is 1. The third-order valence-electron chi connectivity index (χ3n) is 2.79. The maximum absolute atomic E-state index is 12.0. The van der Waals surface area contributed by atoms with Crippen LogP contribution in [0, 0.1) is 0 Å². The zero-order chi connectivity index (χ0) is 18.3. The molecular formula is C16H22N2O5S. The number of allylic oxidation sites excluding steroid dienone is 1. The first-order chi connectivity index (χ1) is 11.2. The van der Waals surface area contributed by atoms with Gasteiger partial charge < -0.3 is 10.1 Å². The first-order valence-electron chi connectivity index (χ1n) is 7.42. The Labute approximate surface area is 142 Å². The van der Waals surface area contributed by atoms with Crippen LogP contribution in [0.15, 0.2) is 41.3 Å². The highest BCUT2D eigenvalue weighted by Crippen LogP contribution is 2.15. The smallest absolute Gasteiger partial charge is 0.331 e. The van der Waals surface area contributed by atoms with Crippen molar-refractivity contribution in [3.8, 4) is 0 Å². The second-order valence-corrected chi connectivity index (χ2v) is 7.08. The summed E-state index contributed by atoms with van der Waals surface area (Å²) in [6.07, 6.45) is 1.75. The van der Waals surface area contributed by atoms with Gasteiger partial charge in [-0.3, -0.25) is 4.79 Å². The topological polar surface area (TPSA) is 102 Å². The fourth-order valence-electron chi connectivity index (χ4n) is 1.74. The predicted octanol–water partition coefficient (Wildman–Crippen LogP) is 1.82. The van der Waals surface area contributed by atoms with Gasteiger partial charge in [0.1, 0.15) is 0 Å². The van der Waals surface area contributed by atoms with Crippen molar-refractivity contribution in [2.45, 2.75) is 44.7 Å². The van der Waals surface area contributed by atoms with Crippen LogP contribution in [-0.2, 0) is 24.3 Å². The molecule has 24 heavy (non-hydrogen) atoms. The highest BCUT2D eigenvalue weighted by molar-refractivity contribution is 7.89. The van der Waals surface area contributed by atoms with Gasteiger partial charge in [0.05, 0.1) is 4.90 Å². The van der Waals surface area contributed by atoms with Crippen LogP contribution in [0.5, 0.6) is 0 Å². The van der Waals surface area contributed by atoms with Crippen molar-refractivity contribution in [2.24, 2.45) is 0 Å². The normalized spacial score (nSPS) is 13.0. The predicted molar refractivity (Wildman–Crippen MR) is 90.9 cm³/mol. The summed E-state index contributed by atoms with van der Waals surface area (Å²) in [6, 6.07) is 5.48. The Balaban J connectivity index is 2.73. The van der Waals surface area contributed by atoms with E-state index in [2.05, 4.69) is 10.0 Å². The van der Waals surface area contributed by atoms with Gasteiger partial charge in [0, 0.05) is 17.8 Å². The van der Waals surface area contributed by atoms with Crippen molar-refractivity contribution in [1.29, 1.82) is 0 Å². The number of benzene rings is 1. The molecule has 0 aliphatic heterocycles. The largest absolute Gasteiger partial charge is 0.449 e. The number of rotatable bonds is 7. The van der Waals surface area contributed by atoms with E-state index in [1.807, 2.05) is 0 Å². The minimum Gasteiger partial charge on any atom is -0.449 e. The van der Waals surface area contributed by atoms with E-state index in [1.54, 1.807) is 20.8 Å². The van der Waals surface area contributed by atoms with Crippen molar-refractivity contribution in [3.05, 3.63) is 36.4 Å². The Hall–Kier alpha value is -2.19. The molecule has 0 radical (unpaired) electrons. The molecule has 0 aliphatic rings. The van der Waals surface area contributed by atoms with Crippen LogP contribution in [0.4, 0.5) is 5.69 Å². The summed E-state index contributed by atoms with van der Waals surface area (Å²) in [4.78, 5) is 23.3. The van der Waals surface area contributed by atoms with Gasteiger partial charge in [-0.15, -0.1) is 0 Å². The summed E-state index contributed by atoms with van der Waals surface area (Å²) in [5.74, 6) is -1.12. The maximum Gasteiger partial charge on any atom is 0.331 e. The summed E-state index contributed by atoms with van der Waals surface area (Å²) >= 11 is 0. The lowest BCUT2D eigenvalue weighted by molar-refractivity contribution is -0.148. The number of carbonyl (C=O) groups excluding carboxylic acids is 2. The first kappa shape index (κ1) is 19.9. The number of nitrogens with one attached hydrogen (secondary N) is 2. The Morgan fingerprint density at radius 1 is 1.12 bits per heavy atom. The molecule has 1 aromatic carbocycles. The zero-order valence-electron chi connectivity index (χ0n) is 14.1. The molecule has 1 aromatic rings. The fraction of sp³-hybridized carbons (Fsp3) is 0.375. The van der Waals surface area contributed by atoms with Gasteiger partial charge >= 0.3 is 5.97 Å². The molecule has 0 heterocycles. The fourth-order valence-corrected chi connectivity index (χ4v) is 2.99. The Kier molecular flexibility index (Phi) is 7.12. The average molecular weight is 354 g/mol. The molecule has 8 heteroatoms. The third kappa shape index (κ3) is 6.13. The van der Waals surface area contributed by atoms with Crippen LogP contribution >= 0.6 is 0 Å². The van der Waals surface area contributed by atoms with E-state index < -0.39 is 28.0 Å². The molecule has 0 saturated carbocycles. The van der Waals surface area contributed by atoms with Crippen LogP contribution in [0.3, 0.4) is 0 Å². The van der Waals surface area contributed by atoms with Crippen molar-refractivity contribution >= 4 is 27.6 Å². The van der Waals surface area contributed by atoms with E-state index in [-0.39, 0.29) is 10.9 Å². The monoisotopic (exact) mass is 354 g/mol. The average Bonchev–Trinajstić information content (AvgIpc) is 2.46. The van der Waals surface area contributed by atoms with Crippen LogP contribution in [0.2, 0.25) is 0 Å². The standard InChI is InChI=1S/C16H22N2O5S/c1-5-6-15(19)23-12(4)16(20)17-13-7-9-14(10-8-13)24(21,22)18-11(2)3/h5-12,18H,1-4H3,(H,17,20)/b6-5+. The van der Waals surface area contributed by atoms with Gasteiger partial charge in [-0.2, -0.15) is 0 Å². The molecule has 0 saturated heterocycles. The first-order valence-corrected chi connectivity index (χ1v) is 8.90. The number of carbonyl (C=O) groups is 2. The molecule has 1 amide bonds. The lowest BCUT2D eigenvalue weighted by atomic mass is 10.3. The molecule has 132 valence electrons. The summed E-state index contributed by atoms with van der Waals surface area (Å²) < 4.78 is 31.4. The highest BCUT2D eigenvalue weighted by Gasteiger charge is 2.18. The minimum atomic E-state index is -3.58. The summed E-state index contributed by atoms with van der Waals surface area (Å²) in [6.45, 7) is 6.56. The SMILES string of the molecule is C/C=C/C(=O)OC(C)C(=O)Nc1ccc(S(=O)(=O)NC(C)C)cc1. The van der Waals surface area contributed by atoms with Gasteiger partial charge in [0.25, 0.3) is 5.91 Å². The van der Waals surface area contributed by atoms with Gasteiger partial charge in [-0.1, -0.05) is 6.08 Å². The van der Waals surface area contributed by atoms with Gasteiger partial charge in [0.15, 0.2) is 6.10 Å². The van der Waals surface area contributed by atoms with Crippen LogP contribution in [-0.4, -0.2) is 32.4 Å². The van der Waals surface area contributed by atoms with Gasteiger partial charge in [-0.05, 0) is 52.0 Å². The Morgan fingerprint density at radius 3 is 2.21 bits per heavy atom. The molecule has 0 aromatic heterocycles. The number of hydrogen-bond donors (Lipinski definition) is 2. The number of esters is 1. The van der Waals surface area contributed by atoms with Crippen molar-refractivity contribution in [2.75, 3.05) is 5.32 Å².